The Morgan fingerprint density at radius 3 is 2.67 bits per heavy atom. The van der Waals surface area contributed by atoms with E-state index in [1.165, 1.54) is 11.1 Å². The van der Waals surface area contributed by atoms with Gasteiger partial charge in [-0.15, -0.1) is 0 Å². The summed E-state index contributed by atoms with van der Waals surface area (Å²) in [5.74, 6) is 0.504. The van der Waals surface area contributed by atoms with Gasteiger partial charge in [-0.25, -0.2) is 0 Å². The van der Waals surface area contributed by atoms with Crippen LogP contribution < -0.4 is 5.73 Å². The van der Waals surface area contributed by atoms with E-state index in [4.69, 9.17) is 5.73 Å². The minimum atomic E-state index is -0.273. The van der Waals surface area contributed by atoms with Gasteiger partial charge in [-0.1, -0.05) is 31.2 Å². The maximum absolute atomic E-state index is 9.32. The number of hydrogen-bond acceptors (Lipinski definition) is 2. The highest BCUT2D eigenvalue weighted by atomic mass is 16.3. The molecule has 0 radical (unpaired) electrons. The minimum absolute atomic E-state index is 0.273. The molecule has 0 fully saturated rings. The van der Waals surface area contributed by atoms with Crippen molar-refractivity contribution in [1.29, 1.82) is 0 Å². The summed E-state index contributed by atoms with van der Waals surface area (Å²) in [5, 5.41) is 9.32. The monoisotopic (exact) mass is 207 g/mol. The van der Waals surface area contributed by atoms with Gasteiger partial charge < -0.3 is 10.8 Å². The molecule has 15 heavy (non-hydrogen) atoms. The molecule has 0 saturated carbocycles. The van der Waals surface area contributed by atoms with Crippen molar-refractivity contribution in [1.82, 2.24) is 0 Å². The first-order valence-electron chi connectivity index (χ1n) is 5.60. The summed E-state index contributed by atoms with van der Waals surface area (Å²) in [4.78, 5) is 0. The number of rotatable bonds is 5. The topological polar surface area (TPSA) is 46.2 Å². The molecule has 2 heteroatoms. The van der Waals surface area contributed by atoms with Crippen LogP contribution in [0.1, 0.15) is 37.3 Å². The second kappa shape index (κ2) is 5.89. The molecule has 3 N–H and O–H groups in total. The SMILES string of the molecule is CC(O)Cc1cccc(C(C)CCN)c1. The fourth-order valence-electron chi connectivity index (χ4n) is 1.78. The van der Waals surface area contributed by atoms with Gasteiger partial charge in [0.05, 0.1) is 6.10 Å². The van der Waals surface area contributed by atoms with E-state index in [0.717, 1.165) is 19.4 Å². The van der Waals surface area contributed by atoms with Gasteiger partial charge in [-0.2, -0.15) is 0 Å². The fourth-order valence-corrected chi connectivity index (χ4v) is 1.78. The first-order valence-corrected chi connectivity index (χ1v) is 5.60. The van der Waals surface area contributed by atoms with E-state index >= 15 is 0 Å². The number of hydrogen-bond donors (Lipinski definition) is 2. The molecule has 2 unspecified atom stereocenters. The molecular weight excluding hydrogens is 186 g/mol. The van der Waals surface area contributed by atoms with Gasteiger partial charge in [0.15, 0.2) is 0 Å². The molecule has 0 heterocycles. The van der Waals surface area contributed by atoms with Crippen LogP contribution in [0.4, 0.5) is 0 Å². The number of nitrogens with two attached hydrogens (primary N) is 1. The quantitative estimate of drug-likeness (QED) is 0.776. The average Bonchev–Trinajstić information content (AvgIpc) is 2.17. The van der Waals surface area contributed by atoms with Crippen LogP contribution in [-0.4, -0.2) is 17.8 Å². The summed E-state index contributed by atoms with van der Waals surface area (Å²) in [6.45, 7) is 4.73. The normalized spacial score (nSPS) is 14.9. The lowest BCUT2D eigenvalue weighted by Crippen LogP contribution is -2.07. The Morgan fingerprint density at radius 1 is 1.33 bits per heavy atom. The molecule has 0 aromatic heterocycles. The molecule has 2 nitrogen and oxygen atoms in total. The van der Waals surface area contributed by atoms with Crippen molar-refractivity contribution < 1.29 is 5.11 Å². The Morgan fingerprint density at radius 2 is 2.07 bits per heavy atom. The molecule has 84 valence electrons. The molecule has 1 aromatic carbocycles. The largest absolute Gasteiger partial charge is 0.393 e. The fraction of sp³-hybridized carbons (Fsp3) is 0.538. The van der Waals surface area contributed by atoms with E-state index in [2.05, 4.69) is 31.2 Å². The van der Waals surface area contributed by atoms with E-state index in [0.29, 0.717) is 5.92 Å². The second-order valence-corrected chi connectivity index (χ2v) is 4.28. The van der Waals surface area contributed by atoms with Crippen molar-refractivity contribution in [3.05, 3.63) is 35.4 Å². The van der Waals surface area contributed by atoms with Crippen LogP contribution in [0.3, 0.4) is 0 Å². The summed E-state index contributed by atoms with van der Waals surface area (Å²) in [5.41, 5.74) is 8.06. The van der Waals surface area contributed by atoms with Crippen molar-refractivity contribution >= 4 is 0 Å². The highest BCUT2D eigenvalue weighted by Gasteiger charge is 2.06. The summed E-state index contributed by atoms with van der Waals surface area (Å²) < 4.78 is 0. The Balaban J connectivity index is 2.73. The number of benzene rings is 1. The van der Waals surface area contributed by atoms with E-state index in [1.807, 2.05) is 6.92 Å². The molecule has 0 amide bonds. The summed E-state index contributed by atoms with van der Waals surface area (Å²) >= 11 is 0. The summed E-state index contributed by atoms with van der Waals surface area (Å²) in [6.07, 6.45) is 1.46. The highest BCUT2D eigenvalue weighted by molar-refractivity contribution is 5.26. The van der Waals surface area contributed by atoms with E-state index in [-0.39, 0.29) is 6.10 Å². The zero-order valence-electron chi connectivity index (χ0n) is 9.61. The summed E-state index contributed by atoms with van der Waals surface area (Å²) in [7, 11) is 0. The van der Waals surface area contributed by atoms with Gasteiger partial charge in [-0.05, 0) is 43.4 Å². The van der Waals surface area contributed by atoms with Gasteiger partial charge >= 0.3 is 0 Å². The zero-order valence-corrected chi connectivity index (χ0v) is 9.61. The molecular formula is C13H21NO. The molecule has 1 aromatic rings. The van der Waals surface area contributed by atoms with Crippen molar-refractivity contribution in [3.8, 4) is 0 Å². The maximum Gasteiger partial charge on any atom is 0.0552 e. The minimum Gasteiger partial charge on any atom is -0.393 e. The number of aliphatic hydroxyl groups is 1. The van der Waals surface area contributed by atoms with Crippen molar-refractivity contribution in [2.45, 2.75) is 38.7 Å². The van der Waals surface area contributed by atoms with Gasteiger partial charge in [-0.3, -0.25) is 0 Å². The van der Waals surface area contributed by atoms with Gasteiger partial charge in [0.2, 0.25) is 0 Å². The van der Waals surface area contributed by atoms with Gasteiger partial charge in [0.25, 0.3) is 0 Å². The van der Waals surface area contributed by atoms with Crippen LogP contribution in [0.2, 0.25) is 0 Å². The third-order valence-electron chi connectivity index (χ3n) is 2.65. The van der Waals surface area contributed by atoms with Crippen LogP contribution in [-0.2, 0) is 6.42 Å². The van der Waals surface area contributed by atoms with Crippen LogP contribution >= 0.6 is 0 Å². The van der Waals surface area contributed by atoms with Crippen molar-refractivity contribution in [2.75, 3.05) is 6.54 Å². The number of aliphatic hydroxyl groups excluding tert-OH is 1. The van der Waals surface area contributed by atoms with E-state index < -0.39 is 0 Å². The van der Waals surface area contributed by atoms with E-state index in [9.17, 15) is 5.11 Å². The highest BCUT2D eigenvalue weighted by Crippen LogP contribution is 2.19. The van der Waals surface area contributed by atoms with Gasteiger partial charge in [0, 0.05) is 0 Å². The third-order valence-corrected chi connectivity index (χ3v) is 2.65. The molecule has 1 rings (SSSR count). The lowest BCUT2D eigenvalue weighted by molar-refractivity contribution is 0.195. The maximum atomic E-state index is 9.32. The standard InChI is InChI=1S/C13H21NO/c1-10(6-7-14)13-5-3-4-12(9-13)8-11(2)15/h3-5,9-11,15H,6-8,14H2,1-2H3. The van der Waals surface area contributed by atoms with Gasteiger partial charge in [0.1, 0.15) is 0 Å². The first kappa shape index (κ1) is 12.2. The van der Waals surface area contributed by atoms with Crippen LogP contribution in [0, 0.1) is 0 Å². The third kappa shape index (κ3) is 4.02. The molecule has 0 saturated heterocycles. The predicted molar refractivity (Wildman–Crippen MR) is 63.9 cm³/mol. The average molecular weight is 207 g/mol. The van der Waals surface area contributed by atoms with E-state index in [1.54, 1.807) is 0 Å². The molecule has 0 bridgehead atoms. The Kier molecular flexibility index (Phi) is 4.79. The predicted octanol–water partition coefficient (Wildman–Crippen LogP) is 2.06. The Labute approximate surface area is 92.1 Å². The molecule has 0 aliphatic carbocycles. The zero-order chi connectivity index (χ0) is 11.3. The molecule has 0 spiro atoms. The van der Waals surface area contributed by atoms with Crippen molar-refractivity contribution in [3.63, 3.8) is 0 Å². The molecule has 2 atom stereocenters. The second-order valence-electron chi connectivity index (χ2n) is 4.28. The van der Waals surface area contributed by atoms with Crippen molar-refractivity contribution in [2.24, 2.45) is 5.73 Å². The smallest absolute Gasteiger partial charge is 0.0552 e. The van der Waals surface area contributed by atoms with Crippen LogP contribution in [0.15, 0.2) is 24.3 Å². The molecule has 0 aliphatic heterocycles. The lowest BCUT2D eigenvalue weighted by atomic mass is 9.95. The van der Waals surface area contributed by atoms with Crippen LogP contribution in [0.25, 0.3) is 0 Å². The first-order chi connectivity index (χ1) is 7.13. The summed E-state index contributed by atoms with van der Waals surface area (Å²) in [6, 6.07) is 8.42. The molecule has 0 aliphatic rings. The Hall–Kier alpha value is -0.860. The van der Waals surface area contributed by atoms with Crippen LogP contribution in [0.5, 0.6) is 0 Å². The lowest BCUT2D eigenvalue weighted by Gasteiger charge is -2.12. The Bertz CT molecular complexity index is 296.